The molecule has 0 heterocycles. The van der Waals surface area contributed by atoms with Gasteiger partial charge in [0, 0.05) is 11.1 Å². The summed E-state index contributed by atoms with van der Waals surface area (Å²) < 4.78 is 0. The number of nitrogens with one attached hydrogen (secondary N) is 3. The first-order valence-corrected chi connectivity index (χ1v) is 9.74. The van der Waals surface area contributed by atoms with E-state index in [1.165, 1.54) is 18.2 Å². The van der Waals surface area contributed by atoms with Crippen molar-refractivity contribution in [2.24, 2.45) is 5.92 Å². The summed E-state index contributed by atoms with van der Waals surface area (Å²) in [5.41, 5.74) is 0.224. The van der Waals surface area contributed by atoms with E-state index in [-0.39, 0.29) is 35.6 Å². The Labute approximate surface area is 170 Å². The van der Waals surface area contributed by atoms with Crippen LogP contribution in [0.3, 0.4) is 0 Å². The molecule has 3 N–H and O–H groups in total. The number of carbonyl (C=O) groups is 3. The number of halogens is 2. The molecule has 27 heavy (non-hydrogen) atoms. The Balaban J connectivity index is 2.28. The summed E-state index contributed by atoms with van der Waals surface area (Å²) in [6.45, 7) is 5.88. The van der Waals surface area contributed by atoms with Crippen LogP contribution in [0.1, 0.15) is 50.4 Å². The van der Waals surface area contributed by atoms with Crippen LogP contribution in [0.5, 0.6) is 0 Å². The molecule has 1 rings (SSSR count). The lowest BCUT2D eigenvalue weighted by atomic mass is 10.0. The van der Waals surface area contributed by atoms with E-state index >= 15 is 0 Å². The van der Waals surface area contributed by atoms with Crippen LogP contribution in [-0.4, -0.2) is 36.9 Å². The first-order chi connectivity index (χ1) is 12.7. The maximum atomic E-state index is 12.0. The summed E-state index contributed by atoms with van der Waals surface area (Å²) in [4.78, 5) is 35.7. The minimum Gasteiger partial charge on any atom is -0.352 e. The largest absolute Gasteiger partial charge is 0.352 e. The molecule has 0 aliphatic rings. The van der Waals surface area contributed by atoms with Gasteiger partial charge in [0.05, 0.1) is 23.7 Å². The molecule has 1 aromatic carbocycles. The summed E-state index contributed by atoms with van der Waals surface area (Å²) in [6.07, 6.45) is 3.06. The Morgan fingerprint density at radius 1 is 0.963 bits per heavy atom. The Bertz CT molecular complexity index is 666. The van der Waals surface area contributed by atoms with Crippen LogP contribution >= 0.6 is 23.2 Å². The predicted octanol–water partition coefficient (Wildman–Crippen LogP) is 3.17. The van der Waals surface area contributed by atoms with Crippen LogP contribution in [0.25, 0.3) is 0 Å². The summed E-state index contributed by atoms with van der Waals surface area (Å²) in [5.74, 6) is -0.566. The van der Waals surface area contributed by atoms with E-state index in [9.17, 15) is 14.4 Å². The third-order valence-electron chi connectivity index (χ3n) is 3.86. The van der Waals surface area contributed by atoms with Gasteiger partial charge in [-0.1, -0.05) is 49.9 Å². The summed E-state index contributed by atoms with van der Waals surface area (Å²) in [5, 5.41) is 8.38. The Morgan fingerprint density at radius 3 is 2.26 bits per heavy atom. The Morgan fingerprint density at radius 2 is 1.63 bits per heavy atom. The van der Waals surface area contributed by atoms with Crippen molar-refractivity contribution < 1.29 is 14.4 Å². The van der Waals surface area contributed by atoms with E-state index in [1.54, 1.807) is 0 Å². The molecule has 0 saturated carbocycles. The molecule has 1 aromatic rings. The van der Waals surface area contributed by atoms with Gasteiger partial charge in [0.25, 0.3) is 5.91 Å². The van der Waals surface area contributed by atoms with E-state index in [1.807, 2.05) is 6.92 Å². The van der Waals surface area contributed by atoms with Gasteiger partial charge in [-0.05, 0) is 37.5 Å². The van der Waals surface area contributed by atoms with Crippen molar-refractivity contribution in [2.45, 2.75) is 46.1 Å². The zero-order valence-electron chi connectivity index (χ0n) is 15.9. The highest BCUT2D eigenvalue weighted by atomic mass is 35.5. The summed E-state index contributed by atoms with van der Waals surface area (Å²) in [7, 11) is 0. The molecule has 0 saturated heterocycles. The monoisotopic (exact) mass is 415 g/mol. The highest BCUT2D eigenvalue weighted by Crippen LogP contribution is 2.20. The zero-order valence-corrected chi connectivity index (χ0v) is 17.4. The van der Waals surface area contributed by atoms with Crippen molar-refractivity contribution in [2.75, 3.05) is 13.1 Å². The lowest BCUT2D eigenvalue weighted by Crippen LogP contribution is -2.44. The smallest absolute Gasteiger partial charge is 0.253 e. The topological polar surface area (TPSA) is 87.3 Å². The molecule has 1 unspecified atom stereocenters. The molecule has 0 fully saturated rings. The van der Waals surface area contributed by atoms with Crippen molar-refractivity contribution in [1.82, 2.24) is 16.0 Å². The SMILES string of the molecule is CC(C)CCCC(C)NC(=O)CNC(=O)CNC(=O)c1ccc(Cl)cc1Cl. The molecule has 0 aliphatic heterocycles. The average Bonchev–Trinajstić information content (AvgIpc) is 2.57. The fourth-order valence-corrected chi connectivity index (χ4v) is 2.90. The van der Waals surface area contributed by atoms with Crippen molar-refractivity contribution in [3.8, 4) is 0 Å². The van der Waals surface area contributed by atoms with Gasteiger partial charge in [-0.15, -0.1) is 0 Å². The lowest BCUT2D eigenvalue weighted by molar-refractivity contribution is -0.125. The van der Waals surface area contributed by atoms with Gasteiger partial charge in [-0.2, -0.15) is 0 Å². The van der Waals surface area contributed by atoms with E-state index in [2.05, 4.69) is 29.8 Å². The second-order valence-corrected chi connectivity index (χ2v) is 7.72. The van der Waals surface area contributed by atoms with Crippen molar-refractivity contribution in [3.63, 3.8) is 0 Å². The molecule has 0 radical (unpaired) electrons. The number of rotatable bonds is 10. The number of amides is 3. The number of hydrogen-bond donors (Lipinski definition) is 3. The molecule has 0 aromatic heterocycles. The zero-order chi connectivity index (χ0) is 20.4. The van der Waals surface area contributed by atoms with Gasteiger partial charge in [0.15, 0.2) is 0 Å². The lowest BCUT2D eigenvalue weighted by Gasteiger charge is -2.15. The summed E-state index contributed by atoms with van der Waals surface area (Å²) >= 11 is 11.7. The summed E-state index contributed by atoms with van der Waals surface area (Å²) in [6, 6.07) is 4.52. The van der Waals surface area contributed by atoms with Gasteiger partial charge < -0.3 is 16.0 Å². The second kappa shape index (κ2) is 11.8. The fourth-order valence-electron chi connectivity index (χ4n) is 2.40. The molecule has 1 atom stereocenters. The van der Waals surface area contributed by atoms with E-state index < -0.39 is 11.8 Å². The number of carbonyl (C=O) groups excluding carboxylic acids is 3. The molecule has 6 nitrogen and oxygen atoms in total. The maximum absolute atomic E-state index is 12.0. The highest BCUT2D eigenvalue weighted by molar-refractivity contribution is 6.36. The van der Waals surface area contributed by atoms with Crippen LogP contribution in [0, 0.1) is 5.92 Å². The quantitative estimate of drug-likeness (QED) is 0.548. The first-order valence-electron chi connectivity index (χ1n) is 8.98. The highest BCUT2D eigenvalue weighted by Gasteiger charge is 2.13. The molecule has 150 valence electrons. The van der Waals surface area contributed by atoms with Crippen LogP contribution in [0.15, 0.2) is 18.2 Å². The van der Waals surface area contributed by atoms with Crippen LogP contribution in [-0.2, 0) is 9.59 Å². The Hall–Kier alpha value is -1.79. The minimum absolute atomic E-state index is 0.0555. The minimum atomic E-state index is -0.491. The third-order valence-corrected chi connectivity index (χ3v) is 4.41. The van der Waals surface area contributed by atoms with Gasteiger partial charge in [0.2, 0.25) is 11.8 Å². The van der Waals surface area contributed by atoms with E-state index in [0.29, 0.717) is 10.9 Å². The molecule has 8 heteroatoms. The number of benzene rings is 1. The molecule has 0 aliphatic carbocycles. The standard InChI is InChI=1S/C19H27Cl2N3O3/c1-12(2)5-4-6-13(3)24-18(26)11-22-17(25)10-23-19(27)15-8-7-14(20)9-16(15)21/h7-9,12-13H,4-6,10-11H2,1-3H3,(H,22,25)(H,23,27)(H,24,26). The normalized spacial score (nSPS) is 11.8. The van der Waals surface area contributed by atoms with E-state index in [0.717, 1.165) is 19.3 Å². The second-order valence-electron chi connectivity index (χ2n) is 6.88. The van der Waals surface area contributed by atoms with Gasteiger partial charge in [-0.25, -0.2) is 0 Å². The fraction of sp³-hybridized carbons (Fsp3) is 0.526. The molecule has 0 bridgehead atoms. The maximum Gasteiger partial charge on any atom is 0.253 e. The molecule has 3 amide bonds. The molecule has 0 spiro atoms. The van der Waals surface area contributed by atoms with Gasteiger partial charge in [0.1, 0.15) is 0 Å². The van der Waals surface area contributed by atoms with E-state index in [4.69, 9.17) is 23.2 Å². The Kier molecular flexibility index (Phi) is 10.2. The van der Waals surface area contributed by atoms with Gasteiger partial charge >= 0.3 is 0 Å². The first kappa shape index (κ1) is 23.2. The van der Waals surface area contributed by atoms with Crippen LogP contribution in [0.4, 0.5) is 0 Å². The van der Waals surface area contributed by atoms with Crippen LogP contribution < -0.4 is 16.0 Å². The van der Waals surface area contributed by atoms with Crippen LogP contribution in [0.2, 0.25) is 10.0 Å². The predicted molar refractivity (Wildman–Crippen MR) is 108 cm³/mol. The molecular formula is C19H27Cl2N3O3. The van der Waals surface area contributed by atoms with Gasteiger partial charge in [-0.3, -0.25) is 14.4 Å². The number of hydrogen-bond acceptors (Lipinski definition) is 3. The molecular weight excluding hydrogens is 389 g/mol. The van der Waals surface area contributed by atoms with Crippen molar-refractivity contribution in [3.05, 3.63) is 33.8 Å². The van der Waals surface area contributed by atoms with Crippen molar-refractivity contribution in [1.29, 1.82) is 0 Å². The van der Waals surface area contributed by atoms with Crippen molar-refractivity contribution >= 4 is 40.9 Å². The average molecular weight is 416 g/mol. The third kappa shape index (κ3) is 9.63.